The quantitative estimate of drug-likeness (QED) is 0.477. The average Bonchev–Trinajstić information content (AvgIpc) is 2.02. The standard InChI is InChI=1S/C7H16NO5P/c1-2-5(14(11,12)13)3-4-6(8)7(9)10/h5-6H,2-4,8H2,1H3,(H,9,10)(H2,11,12,13)/t5?,6-/m1/s1. The number of hydrogen-bond acceptors (Lipinski definition) is 3. The van der Waals surface area contributed by atoms with Gasteiger partial charge in [-0.3, -0.25) is 9.36 Å². The smallest absolute Gasteiger partial charge is 0.328 e. The molecule has 6 nitrogen and oxygen atoms in total. The molecule has 0 aromatic carbocycles. The van der Waals surface area contributed by atoms with Crippen LogP contribution in [0.1, 0.15) is 26.2 Å². The van der Waals surface area contributed by atoms with Gasteiger partial charge in [-0.05, 0) is 19.3 Å². The molecule has 0 fully saturated rings. The van der Waals surface area contributed by atoms with Crippen LogP contribution in [-0.2, 0) is 9.36 Å². The van der Waals surface area contributed by atoms with Gasteiger partial charge in [0.1, 0.15) is 6.04 Å². The topological polar surface area (TPSA) is 121 Å². The van der Waals surface area contributed by atoms with Gasteiger partial charge < -0.3 is 20.6 Å². The summed E-state index contributed by atoms with van der Waals surface area (Å²) in [6, 6.07) is -1.05. The third-order valence-corrected chi connectivity index (χ3v) is 3.65. The fourth-order valence-corrected chi connectivity index (χ4v) is 2.07. The van der Waals surface area contributed by atoms with Crippen LogP contribution in [-0.4, -0.2) is 32.6 Å². The van der Waals surface area contributed by atoms with Gasteiger partial charge in [0.25, 0.3) is 0 Å². The van der Waals surface area contributed by atoms with Crippen LogP contribution in [0.25, 0.3) is 0 Å². The summed E-state index contributed by atoms with van der Waals surface area (Å²) >= 11 is 0. The van der Waals surface area contributed by atoms with E-state index in [1.54, 1.807) is 6.92 Å². The lowest BCUT2D eigenvalue weighted by Gasteiger charge is -2.17. The van der Waals surface area contributed by atoms with Crippen molar-refractivity contribution in [3.8, 4) is 0 Å². The lowest BCUT2D eigenvalue weighted by atomic mass is 10.1. The Morgan fingerprint density at radius 1 is 1.43 bits per heavy atom. The van der Waals surface area contributed by atoms with Crippen molar-refractivity contribution in [1.29, 1.82) is 0 Å². The maximum Gasteiger partial charge on any atom is 0.328 e. The van der Waals surface area contributed by atoms with Crippen LogP contribution in [0.15, 0.2) is 0 Å². The SMILES string of the molecule is CCC(CC[C@@H](N)C(=O)O)P(=O)(O)O. The second-order valence-corrected chi connectivity index (χ2v) is 5.08. The first-order valence-electron chi connectivity index (χ1n) is 4.32. The summed E-state index contributed by atoms with van der Waals surface area (Å²) in [5.41, 5.74) is 4.43. The molecule has 0 saturated heterocycles. The second-order valence-electron chi connectivity index (χ2n) is 3.17. The first-order valence-corrected chi connectivity index (χ1v) is 6.00. The molecule has 7 heteroatoms. The highest BCUT2D eigenvalue weighted by Crippen LogP contribution is 2.45. The van der Waals surface area contributed by atoms with Gasteiger partial charge in [0.2, 0.25) is 0 Å². The number of nitrogens with two attached hydrogens (primary N) is 1. The Hall–Kier alpha value is -0.420. The first kappa shape index (κ1) is 13.6. The molecule has 0 aromatic rings. The molecular formula is C7H16NO5P. The molecule has 14 heavy (non-hydrogen) atoms. The number of carboxylic acid groups (broad SMARTS) is 1. The maximum atomic E-state index is 10.9. The molecule has 0 bridgehead atoms. The second kappa shape index (κ2) is 5.46. The van der Waals surface area contributed by atoms with E-state index in [9.17, 15) is 9.36 Å². The van der Waals surface area contributed by atoms with Crippen molar-refractivity contribution in [2.75, 3.05) is 0 Å². The van der Waals surface area contributed by atoms with E-state index in [1.165, 1.54) is 0 Å². The number of carbonyl (C=O) groups is 1. The van der Waals surface area contributed by atoms with Gasteiger partial charge >= 0.3 is 13.6 Å². The van der Waals surface area contributed by atoms with Crippen LogP contribution >= 0.6 is 7.60 Å². The average molecular weight is 225 g/mol. The molecule has 0 saturated carbocycles. The first-order chi connectivity index (χ1) is 6.29. The van der Waals surface area contributed by atoms with E-state index in [0.717, 1.165) is 0 Å². The van der Waals surface area contributed by atoms with E-state index < -0.39 is 25.3 Å². The highest BCUT2D eigenvalue weighted by atomic mass is 31.2. The van der Waals surface area contributed by atoms with Gasteiger partial charge in [-0.2, -0.15) is 0 Å². The summed E-state index contributed by atoms with van der Waals surface area (Å²) in [6.07, 6.45) is 0.532. The summed E-state index contributed by atoms with van der Waals surface area (Å²) in [5, 5.41) is 8.45. The zero-order chi connectivity index (χ0) is 11.4. The van der Waals surface area contributed by atoms with Crippen molar-refractivity contribution >= 4 is 13.6 Å². The highest BCUT2D eigenvalue weighted by Gasteiger charge is 2.27. The van der Waals surface area contributed by atoms with E-state index in [2.05, 4.69) is 0 Å². The van der Waals surface area contributed by atoms with Gasteiger partial charge in [0.05, 0.1) is 5.66 Å². The van der Waals surface area contributed by atoms with E-state index in [1.807, 2.05) is 0 Å². The van der Waals surface area contributed by atoms with E-state index in [-0.39, 0.29) is 12.8 Å². The van der Waals surface area contributed by atoms with Crippen LogP contribution < -0.4 is 5.73 Å². The Bertz CT molecular complexity index is 238. The summed E-state index contributed by atoms with van der Waals surface area (Å²) in [4.78, 5) is 28.0. The molecule has 84 valence electrons. The van der Waals surface area contributed by atoms with Crippen molar-refractivity contribution in [2.24, 2.45) is 5.73 Å². The molecule has 1 unspecified atom stereocenters. The van der Waals surface area contributed by atoms with Crippen molar-refractivity contribution in [1.82, 2.24) is 0 Å². The minimum atomic E-state index is -4.11. The zero-order valence-electron chi connectivity index (χ0n) is 7.96. The van der Waals surface area contributed by atoms with E-state index >= 15 is 0 Å². The molecule has 0 rings (SSSR count). The van der Waals surface area contributed by atoms with Gasteiger partial charge in [0.15, 0.2) is 0 Å². The Morgan fingerprint density at radius 3 is 2.21 bits per heavy atom. The number of rotatable bonds is 6. The molecular weight excluding hydrogens is 209 g/mol. The van der Waals surface area contributed by atoms with Crippen LogP contribution in [0.2, 0.25) is 0 Å². The minimum absolute atomic E-state index is 0.0823. The van der Waals surface area contributed by atoms with Gasteiger partial charge in [0, 0.05) is 0 Å². The van der Waals surface area contributed by atoms with Crippen LogP contribution in [0.4, 0.5) is 0 Å². The Labute approximate surface area is 82.3 Å². The summed E-state index contributed by atoms with van der Waals surface area (Å²) < 4.78 is 10.9. The fraction of sp³-hybridized carbons (Fsp3) is 0.857. The molecule has 0 aliphatic rings. The normalized spacial score (nSPS) is 16.3. The van der Waals surface area contributed by atoms with E-state index in [0.29, 0.717) is 6.42 Å². The highest BCUT2D eigenvalue weighted by molar-refractivity contribution is 7.52. The van der Waals surface area contributed by atoms with Gasteiger partial charge in [-0.1, -0.05) is 6.92 Å². The molecule has 0 spiro atoms. The summed E-state index contributed by atoms with van der Waals surface area (Å²) in [6.45, 7) is 1.65. The number of carboxylic acids is 1. The van der Waals surface area contributed by atoms with Crippen molar-refractivity contribution < 1.29 is 24.3 Å². The Morgan fingerprint density at radius 2 is 1.93 bits per heavy atom. The van der Waals surface area contributed by atoms with Crippen molar-refractivity contribution in [2.45, 2.75) is 37.9 Å². The summed E-state index contributed by atoms with van der Waals surface area (Å²) in [5.74, 6) is -1.15. The predicted molar refractivity (Wildman–Crippen MR) is 51.0 cm³/mol. The van der Waals surface area contributed by atoms with Crippen molar-refractivity contribution in [3.63, 3.8) is 0 Å². The predicted octanol–water partition coefficient (Wildman–Crippen LogP) is 0.135. The zero-order valence-corrected chi connectivity index (χ0v) is 8.85. The third-order valence-electron chi connectivity index (χ3n) is 2.08. The Kier molecular flexibility index (Phi) is 5.29. The third kappa shape index (κ3) is 4.72. The summed E-state index contributed by atoms with van der Waals surface area (Å²) in [7, 11) is -4.11. The molecule has 5 N–H and O–H groups in total. The number of aliphatic carboxylic acids is 1. The molecule has 0 radical (unpaired) electrons. The molecule has 0 heterocycles. The lowest BCUT2D eigenvalue weighted by molar-refractivity contribution is -0.138. The minimum Gasteiger partial charge on any atom is -0.480 e. The van der Waals surface area contributed by atoms with Gasteiger partial charge in [-0.25, -0.2) is 0 Å². The molecule has 0 amide bonds. The van der Waals surface area contributed by atoms with E-state index in [4.69, 9.17) is 20.6 Å². The molecule has 2 atom stereocenters. The maximum absolute atomic E-state index is 10.9. The largest absolute Gasteiger partial charge is 0.480 e. The van der Waals surface area contributed by atoms with Crippen LogP contribution in [0, 0.1) is 0 Å². The number of hydrogen-bond donors (Lipinski definition) is 4. The Balaban J connectivity index is 4.10. The lowest BCUT2D eigenvalue weighted by Crippen LogP contribution is -2.31. The molecule has 0 aliphatic heterocycles. The van der Waals surface area contributed by atoms with Gasteiger partial charge in [-0.15, -0.1) is 0 Å². The van der Waals surface area contributed by atoms with Crippen LogP contribution in [0.5, 0.6) is 0 Å². The molecule has 0 aliphatic carbocycles. The van der Waals surface area contributed by atoms with Crippen molar-refractivity contribution in [3.05, 3.63) is 0 Å². The fourth-order valence-electron chi connectivity index (χ4n) is 1.11. The molecule has 0 aromatic heterocycles. The monoisotopic (exact) mass is 225 g/mol. The van der Waals surface area contributed by atoms with Crippen LogP contribution in [0.3, 0.4) is 0 Å².